The van der Waals surface area contributed by atoms with Crippen LogP contribution in [0.2, 0.25) is 5.02 Å². The Morgan fingerprint density at radius 3 is 3.00 bits per heavy atom. The summed E-state index contributed by atoms with van der Waals surface area (Å²) in [6.45, 7) is 0.385. The molecule has 4 rings (SSSR count). The van der Waals surface area contributed by atoms with Gasteiger partial charge >= 0.3 is 6.03 Å². The maximum atomic E-state index is 12.2. The van der Waals surface area contributed by atoms with E-state index in [0.29, 0.717) is 28.7 Å². The number of amides is 2. The first-order valence-electron chi connectivity index (χ1n) is 8.22. The third-order valence-corrected chi connectivity index (χ3v) is 4.67. The first-order chi connectivity index (χ1) is 12.1. The van der Waals surface area contributed by atoms with E-state index in [1.165, 1.54) is 18.5 Å². The molecule has 3 aromatic rings. The average Bonchev–Trinajstić information content (AvgIpc) is 3.39. The van der Waals surface area contributed by atoms with Crippen molar-refractivity contribution in [3.05, 3.63) is 52.9 Å². The van der Waals surface area contributed by atoms with Crippen LogP contribution in [0.15, 0.2) is 36.5 Å². The molecule has 2 heterocycles. The van der Waals surface area contributed by atoms with Crippen LogP contribution >= 0.6 is 11.6 Å². The van der Waals surface area contributed by atoms with Crippen molar-refractivity contribution in [2.75, 3.05) is 5.32 Å². The molecule has 2 amide bonds. The number of rotatable bonds is 4. The second-order valence-electron chi connectivity index (χ2n) is 6.26. The van der Waals surface area contributed by atoms with E-state index in [4.69, 9.17) is 11.6 Å². The van der Waals surface area contributed by atoms with Crippen LogP contribution in [0.5, 0.6) is 0 Å². The van der Waals surface area contributed by atoms with Crippen molar-refractivity contribution >= 4 is 34.2 Å². The van der Waals surface area contributed by atoms with Gasteiger partial charge in [0.05, 0.1) is 28.5 Å². The summed E-state index contributed by atoms with van der Waals surface area (Å²) in [6, 6.07) is 8.98. The molecule has 0 unspecified atom stereocenters. The van der Waals surface area contributed by atoms with Crippen molar-refractivity contribution in [2.24, 2.45) is 7.05 Å². The van der Waals surface area contributed by atoms with Gasteiger partial charge in [-0.05, 0) is 43.2 Å². The molecule has 0 atom stereocenters. The molecule has 6 nitrogen and oxygen atoms in total. The largest absolute Gasteiger partial charge is 0.332 e. The van der Waals surface area contributed by atoms with Crippen LogP contribution in [0, 0.1) is 0 Å². The monoisotopic (exact) mass is 355 g/mol. The van der Waals surface area contributed by atoms with Crippen molar-refractivity contribution in [3.8, 4) is 0 Å². The Hall–Kier alpha value is -2.60. The number of urea groups is 1. The molecule has 2 aromatic heterocycles. The molecule has 0 aliphatic heterocycles. The molecule has 128 valence electrons. The topological polar surface area (TPSA) is 71.8 Å². The van der Waals surface area contributed by atoms with Gasteiger partial charge in [0.15, 0.2) is 0 Å². The zero-order valence-corrected chi connectivity index (χ0v) is 14.5. The van der Waals surface area contributed by atoms with Crippen LogP contribution < -0.4 is 10.6 Å². The SMILES string of the molecule is Cn1nc(CNC(=O)Nc2ccc(Cl)c3ncccc23)cc1C1CC1. The molecule has 1 aromatic carbocycles. The van der Waals surface area contributed by atoms with E-state index in [9.17, 15) is 4.79 Å². The number of aryl methyl sites for hydroxylation is 1. The molecule has 0 bridgehead atoms. The van der Waals surface area contributed by atoms with E-state index >= 15 is 0 Å². The van der Waals surface area contributed by atoms with Crippen LogP contribution in [0.3, 0.4) is 0 Å². The molecule has 0 radical (unpaired) electrons. The lowest BCUT2D eigenvalue weighted by Gasteiger charge is -2.10. The number of fused-ring (bicyclic) bond motifs is 1. The van der Waals surface area contributed by atoms with Gasteiger partial charge in [-0.3, -0.25) is 9.67 Å². The summed E-state index contributed by atoms with van der Waals surface area (Å²) in [5.74, 6) is 0.632. The standard InChI is InChI=1S/C18H18ClN5O/c1-24-16(11-4-5-11)9-12(23-24)10-21-18(25)22-15-7-6-14(19)17-13(15)3-2-8-20-17/h2-3,6-9,11H,4-5,10H2,1H3,(H2,21,22,25). The minimum Gasteiger partial charge on any atom is -0.332 e. The molecular formula is C18H18ClN5O. The van der Waals surface area contributed by atoms with Crippen LogP contribution in [0.25, 0.3) is 10.9 Å². The molecule has 1 saturated carbocycles. The smallest absolute Gasteiger partial charge is 0.319 e. The fraction of sp³-hybridized carbons (Fsp3) is 0.278. The third-order valence-electron chi connectivity index (χ3n) is 4.36. The van der Waals surface area contributed by atoms with Crippen molar-refractivity contribution in [1.82, 2.24) is 20.1 Å². The van der Waals surface area contributed by atoms with Crippen molar-refractivity contribution in [2.45, 2.75) is 25.3 Å². The molecule has 1 fully saturated rings. The number of hydrogen-bond acceptors (Lipinski definition) is 3. The number of carbonyl (C=O) groups excluding carboxylic acids is 1. The highest BCUT2D eigenvalue weighted by molar-refractivity contribution is 6.35. The van der Waals surface area contributed by atoms with Gasteiger partial charge in [-0.15, -0.1) is 0 Å². The number of aromatic nitrogens is 3. The summed E-state index contributed by atoms with van der Waals surface area (Å²) >= 11 is 6.15. The van der Waals surface area contributed by atoms with Crippen molar-refractivity contribution in [1.29, 1.82) is 0 Å². The molecule has 2 N–H and O–H groups in total. The summed E-state index contributed by atoms with van der Waals surface area (Å²) in [7, 11) is 1.95. The predicted molar refractivity (Wildman–Crippen MR) is 97.8 cm³/mol. The highest BCUT2D eigenvalue weighted by atomic mass is 35.5. The summed E-state index contributed by atoms with van der Waals surface area (Å²) < 4.78 is 1.91. The highest BCUT2D eigenvalue weighted by Gasteiger charge is 2.27. The number of halogens is 1. The Morgan fingerprint density at radius 1 is 1.36 bits per heavy atom. The first-order valence-corrected chi connectivity index (χ1v) is 8.60. The van der Waals surface area contributed by atoms with Gasteiger partial charge in [0.2, 0.25) is 0 Å². The Labute approximate surface area is 150 Å². The van der Waals surface area contributed by atoms with E-state index < -0.39 is 0 Å². The fourth-order valence-electron chi connectivity index (χ4n) is 2.98. The summed E-state index contributed by atoms with van der Waals surface area (Å²) in [5, 5.41) is 11.5. The van der Waals surface area contributed by atoms with Crippen LogP contribution in [-0.2, 0) is 13.6 Å². The fourth-order valence-corrected chi connectivity index (χ4v) is 3.19. The van der Waals surface area contributed by atoms with Gasteiger partial charge in [0.1, 0.15) is 0 Å². The van der Waals surface area contributed by atoms with Crippen LogP contribution in [0.4, 0.5) is 10.5 Å². The zero-order chi connectivity index (χ0) is 17.4. The molecule has 25 heavy (non-hydrogen) atoms. The summed E-state index contributed by atoms with van der Waals surface area (Å²) in [4.78, 5) is 16.5. The average molecular weight is 356 g/mol. The number of benzene rings is 1. The Balaban J connectivity index is 1.44. The summed E-state index contributed by atoms with van der Waals surface area (Å²) in [5.41, 5.74) is 3.44. The molecular weight excluding hydrogens is 338 g/mol. The summed E-state index contributed by atoms with van der Waals surface area (Å²) in [6.07, 6.45) is 4.13. The van der Waals surface area contributed by atoms with E-state index in [1.807, 2.05) is 23.9 Å². The number of hydrogen-bond donors (Lipinski definition) is 2. The minimum atomic E-state index is -0.286. The van der Waals surface area contributed by atoms with E-state index in [-0.39, 0.29) is 6.03 Å². The van der Waals surface area contributed by atoms with Crippen LogP contribution in [-0.4, -0.2) is 20.8 Å². The number of pyridine rings is 1. The van der Waals surface area contributed by atoms with Gasteiger partial charge < -0.3 is 10.6 Å². The predicted octanol–water partition coefficient (Wildman–Crippen LogP) is 3.82. The van der Waals surface area contributed by atoms with Crippen molar-refractivity contribution < 1.29 is 4.79 Å². The minimum absolute atomic E-state index is 0.286. The second kappa shape index (κ2) is 6.37. The number of anilines is 1. The van der Waals surface area contributed by atoms with Crippen LogP contribution in [0.1, 0.15) is 30.1 Å². The Kier molecular flexibility index (Phi) is 4.05. The number of nitrogens with one attached hydrogen (secondary N) is 2. The third kappa shape index (κ3) is 3.30. The maximum absolute atomic E-state index is 12.2. The van der Waals surface area contributed by atoms with E-state index in [0.717, 1.165) is 11.1 Å². The number of nitrogens with zero attached hydrogens (tertiary/aromatic N) is 3. The Morgan fingerprint density at radius 2 is 2.20 bits per heavy atom. The molecule has 1 aliphatic carbocycles. The molecule has 1 aliphatic rings. The molecule has 0 saturated heterocycles. The van der Waals surface area contributed by atoms with Gasteiger partial charge in [-0.25, -0.2) is 4.79 Å². The lowest BCUT2D eigenvalue weighted by Crippen LogP contribution is -2.28. The van der Waals surface area contributed by atoms with E-state index in [1.54, 1.807) is 18.3 Å². The quantitative estimate of drug-likeness (QED) is 0.747. The van der Waals surface area contributed by atoms with E-state index in [2.05, 4.69) is 26.8 Å². The lowest BCUT2D eigenvalue weighted by atomic mass is 10.2. The second-order valence-corrected chi connectivity index (χ2v) is 6.67. The van der Waals surface area contributed by atoms with Gasteiger partial charge in [-0.2, -0.15) is 5.10 Å². The van der Waals surface area contributed by atoms with Gasteiger partial charge in [0.25, 0.3) is 0 Å². The molecule has 7 heteroatoms. The van der Waals surface area contributed by atoms with Gasteiger partial charge in [-0.1, -0.05) is 11.6 Å². The zero-order valence-electron chi connectivity index (χ0n) is 13.8. The Bertz CT molecular complexity index is 948. The lowest BCUT2D eigenvalue weighted by molar-refractivity contribution is 0.251. The normalized spacial score (nSPS) is 13.8. The molecule has 0 spiro atoms. The first kappa shape index (κ1) is 15.9. The maximum Gasteiger partial charge on any atom is 0.319 e. The highest BCUT2D eigenvalue weighted by Crippen LogP contribution is 2.39. The van der Waals surface area contributed by atoms with Crippen molar-refractivity contribution in [3.63, 3.8) is 0 Å². The van der Waals surface area contributed by atoms with Gasteiger partial charge in [0, 0.05) is 30.2 Å². The number of carbonyl (C=O) groups is 1.